The Kier molecular flexibility index (Phi) is 5.36. The molecule has 0 amide bonds. The third-order valence-electron chi connectivity index (χ3n) is 3.45. The Labute approximate surface area is 122 Å². The van der Waals surface area contributed by atoms with Crippen LogP contribution in [-0.2, 0) is 6.54 Å². The topological polar surface area (TPSA) is 28.2 Å². The summed E-state index contributed by atoms with van der Waals surface area (Å²) in [4.78, 5) is 7.09. The molecule has 0 aliphatic rings. The second-order valence-corrected chi connectivity index (χ2v) is 5.25. The molecule has 0 aliphatic heterocycles. The van der Waals surface area contributed by atoms with E-state index in [9.17, 15) is 0 Å². The highest BCUT2D eigenvalue weighted by atomic mass is 15.1. The minimum absolute atomic E-state index is 0.839. The summed E-state index contributed by atoms with van der Waals surface area (Å²) in [5.74, 6) is 0. The van der Waals surface area contributed by atoms with Gasteiger partial charge in [-0.2, -0.15) is 0 Å². The maximum Gasteiger partial charge on any atom is 0.0726 e. The number of aromatic nitrogens is 1. The van der Waals surface area contributed by atoms with Gasteiger partial charge in [-0.3, -0.25) is 4.98 Å². The van der Waals surface area contributed by atoms with Gasteiger partial charge in [0, 0.05) is 31.2 Å². The Morgan fingerprint density at radius 1 is 1.15 bits per heavy atom. The third kappa shape index (κ3) is 3.48. The van der Waals surface area contributed by atoms with E-state index in [1.165, 1.54) is 11.1 Å². The number of nitrogens with zero attached hydrogens (tertiary/aromatic N) is 2. The summed E-state index contributed by atoms with van der Waals surface area (Å²) in [7, 11) is 2.16. The molecular formula is C17H25N3. The molecule has 1 N–H and O–H groups in total. The van der Waals surface area contributed by atoms with Gasteiger partial charge in [-0.1, -0.05) is 32.0 Å². The van der Waals surface area contributed by atoms with Gasteiger partial charge >= 0.3 is 0 Å². The summed E-state index contributed by atoms with van der Waals surface area (Å²) in [6, 6.07) is 10.6. The van der Waals surface area contributed by atoms with E-state index >= 15 is 0 Å². The first-order valence-electron chi connectivity index (χ1n) is 7.56. The van der Waals surface area contributed by atoms with Crippen LogP contribution in [0.3, 0.4) is 0 Å². The molecule has 0 spiro atoms. The quantitative estimate of drug-likeness (QED) is 0.780. The molecule has 20 heavy (non-hydrogen) atoms. The SMILES string of the molecule is CCCNCc1cc(N(C)CCC)c2ccccc2n1. The van der Waals surface area contributed by atoms with E-state index in [2.05, 4.69) is 61.4 Å². The van der Waals surface area contributed by atoms with Crippen LogP contribution in [0.5, 0.6) is 0 Å². The minimum Gasteiger partial charge on any atom is -0.374 e. The summed E-state index contributed by atoms with van der Waals surface area (Å²) in [6.45, 7) is 7.33. The Bertz CT molecular complexity index is 551. The molecule has 0 unspecified atom stereocenters. The van der Waals surface area contributed by atoms with Crippen LogP contribution in [0.15, 0.2) is 30.3 Å². The fraction of sp³-hybridized carbons (Fsp3) is 0.471. The molecule has 1 aromatic carbocycles. The number of hydrogen-bond acceptors (Lipinski definition) is 3. The van der Waals surface area contributed by atoms with Gasteiger partial charge in [-0.15, -0.1) is 0 Å². The van der Waals surface area contributed by atoms with Crippen LogP contribution >= 0.6 is 0 Å². The highest BCUT2D eigenvalue weighted by molar-refractivity contribution is 5.91. The molecule has 108 valence electrons. The predicted octanol–water partition coefficient (Wildman–Crippen LogP) is 3.58. The molecule has 1 aromatic heterocycles. The fourth-order valence-corrected chi connectivity index (χ4v) is 2.47. The smallest absolute Gasteiger partial charge is 0.0726 e. The van der Waals surface area contributed by atoms with E-state index in [0.29, 0.717) is 0 Å². The molecule has 3 nitrogen and oxygen atoms in total. The van der Waals surface area contributed by atoms with E-state index in [1.54, 1.807) is 0 Å². The van der Waals surface area contributed by atoms with Crippen molar-refractivity contribution in [1.82, 2.24) is 10.3 Å². The van der Waals surface area contributed by atoms with Gasteiger partial charge < -0.3 is 10.2 Å². The predicted molar refractivity (Wildman–Crippen MR) is 87.3 cm³/mol. The average molecular weight is 271 g/mol. The maximum atomic E-state index is 4.76. The number of nitrogens with one attached hydrogen (secondary N) is 1. The minimum atomic E-state index is 0.839. The zero-order valence-corrected chi connectivity index (χ0v) is 12.8. The van der Waals surface area contributed by atoms with E-state index in [-0.39, 0.29) is 0 Å². The molecule has 0 saturated carbocycles. The second kappa shape index (κ2) is 7.25. The van der Waals surface area contributed by atoms with Gasteiger partial charge in [0.05, 0.1) is 11.2 Å². The van der Waals surface area contributed by atoms with Crippen molar-refractivity contribution in [2.75, 3.05) is 25.0 Å². The molecule has 3 heteroatoms. The molecular weight excluding hydrogens is 246 g/mol. The lowest BCUT2D eigenvalue weighted by Gasteiger charge is -2.21. The van der Waals surface area contributed by atoms with Crippen molar-refractivity contribution in [2.45, 2.75) is 33.2 Å². The summed E-state index contributed by atoms with van der Waals surface area (Å²) in [5, 5.41) is 4.67. The lowest BCUT2D eigenvalue weighted by Crippen LogP contribution is -2.20. The Morgan fingerprint density at radius 2 is 1.95 bits per heavy atom. The van der Waals surface area contributed by atoms with E-state index < -0.39 is 0 Å². The van der Waals surface area contributed by atoms with Crippen LogP contribution in [-0.4, -0.2) is 25.1 Å². The molecule has 0 saturated heterocycles. The van der Waals surface area contributed by atoms with Crippen molar-refractivity contribution < 1.29 is 0 Å². The molecule has 0 bridgehead atoms. The van der Waals surface area contributed by atoms with Crippen molar-refractivity contribution >= 4 is 16.6 Å². The average Bonchev–Trinajstić information content (AvgIpc) is 2.47. The normalized spacial score (nSPS) is 10.9. The number of hydrogen-bond donors (Lipinski definition) is 1. The van der Waals surface area contributed by atoms with Crippen LogP contribution in [0.25, 0.3) is 10.9 Å². The van der Waals surface area contributed by atoms with Crippen molar-refractivity contribution in [3.05, 3.63) is 36.0 Å². The Balaban J connectivity index is 2.36. The first-order valence-corrected chi connectivity index (χ1v) is 7.56. The van der Waals surface area contributed by atoms with Crippen molar-refractivity contribution in [3.63, 3.8) is 0 Å². The van der Waals surface area contributed by atoms with Crippen LogP contribution in [0.4, 0.5) is 5.69 Å². The number of anilines is 1. The monoisotopic (exact) mass is 271 g/mol. The molecule has 1 heterocycles. The third-order valence-corrected chi connectivity index (χ3v) is 3.45. The lowest BCUT2D eigenvalue weighted by atomic mass is 10.1. The van der Waals surface area contributed by atoms with Gasteiger partial charge in [0.15, 0.2) is 0 Å². The summed E-state index contributed by atoms with van der Waals surface area (Å²) in [5.41, 5.74) is 3.49. The van der Waals surface area contributed by atoms with Crippen LogP contribution < -0.4 is 10.2 Å². The van der Waals surface area contributed by atoms with Crippen molar-refractivity contribution in [2.24, 2.45) is 0 Å². The first-order chi connectivity index (χ1) is 9.76. The maximum absolute atomic E-state index is 4.76. The highest BCUT2D eigenvalue weighted by Crippen LogP contribution is 2.26. The van der Waals surface area contributed by atoms with Crippen LogP contribution in [0.2, 0.25) is 0 Å². The molecule has 0 fully saturated rings. The highest BCUT2D eigenvalue weighted by Gasteiger charge is 2.08. The zero-order chi connectivity index (χ0) is 14.4. The molecule has 2 rings (SSSR count). The largest absolute Gasteiger partial charge is 0.374 e. The van der Waals surface area contributed by atoms with Gasteiger partial charge in [-0.05, 0) is 31.5 Å². The number of pyridine rings is 1. The van der Waals surface area contributed by atoms with Crippen molar-refractivity contribution in [1.29, 1.82) is 0 Å². The fourth-order valence-electron chi connectivity index (χ4n) is 2.47. The number of benzene rings is 1. The lowest BCUT2D eigenvalue weighted by molar-refractivity contribution is 0.665. The summed E-state index contributed by atoms with van der Waals surface area (Å²) >= 11 is 0. The van der Waals surface area contributed by atoms with E-state index in [1.807, 2.05) is 0 Å². The van der Waals surface area contributed by atoms with Gasteiger partial charge in [0.25, 0.3) is 0 Å². The van der Waals surface area contributed by atoms with Gasteiger partial charge in [0.2, 0.25) is 0 Å². The Morgan fingerprint density at radius 3 is 2.70 bits per heavy atom. The standard InChI is InChI=1S/C17H25N3/c1-4-10-18-13-14-12-17(20(3)11-5-2)15-8-6-7-9-16(15)19-14/h6-9,12,18H,4-5,10-11,13H2,1-3H3. The first kappa shape index (κ1) is 14.8. The van der Waals surface area contributed by atoms with Gasteiger partial charge in [-0.25, -0.2) is 0 Å². The van der Waals surface area contributed by atoms with Gasteiger partial charge in [0.1, 0.15) is 0 Å². The van der Waals surface area contributed by atoms with E-state index in [4.69, 9.17) is 4.98 Å². The zero-order valence-electron chi connectivity index (χ0n) is 12.8. The van der Waals surface area contributed by atoms with E-state index in [0.717, 1.165) is 43.7 Å². The number of para-hydroxylation sites is 1. The number of rotatable bonds is 7. The molecule has 0 aliphatic carbocycles. The second-order valence-electron chi connectivity index (χ2n) is 5.25. The summed E-state index contributed by atoms with van der Waals surface area (Å²) < 4.78 is 0. The van der Waals surface area contributed by atoms with Crippen molar-refractivity contribution in [3.8, 4) is 0 Å². The number of fused-ring (bicyclic) bond motifs is 1. The Hall–Kier alpha value is -1.61. The molecule has 0 radical (unpaired) electrons. The van der Waals surface area contributed by atoms with Crippen LogP contribution in [0.1, 0.15) is 32.4 Å². The summed E-state index contributed by atoms with van der Waals surface area (Å²) in [6.07, 6.45) is 2.30. The van der Waals surface area contributed by atoms with Crippen LogP contribution in [0, 0.1) is 0 Å². The molecule has 0 atom stereocenters. The molecule has 2 aromatic rings.